The van der Waals surface area contributed by atoms with E-state index < -0.39 is 0 Å². The van der Waals surface area contributed by atoms with Gasteiger partial charge in [0, 0.05) is 19.0 Å². The van der Waals surface area contributed by atoms with Crippen LogP contribution in [0.2, 0.25) is 0 Å². The summed E-state index contributed by atoms with van der Waals surface area (Å²) in [5.41, 5.74) is 0. The predicted molar refractivity (Wildman–Crippen MR) is 59.7 cm³/mol. The number of fused-ring (bicyclic) bond motifs is 1. The Morgan fingerprint density at radius 2 is 2.07 bits per heavy atom. The first-order valence-electron chi connectivity index (χ1n) is 5.77. The molecule has 84 valence electrons. The van der Waals surface area contributed by atoms with Crippen LogP contribution in [0.1, 0.15) is 51.3 Å². The van der Waals surface area contributed by atoms with Crippen LogP contribution in [0.5, 0.6) is 0 Å². The van der Waals surface area contributed by atoms with E-state index in [9.17, 15) is 0 Å². The van der Waals surface area contributed by atoms with Gasteiger partial charge in [-0.25, -0.2) is 0 Å². The molecular weight excluding hydrogens is 188 g/mol. The smallest absolute Gasteiger partial charge is 0.149 e. The number of rotatable bonds is 2. The predicted octanol–water partition coefficient (Wildman–Crippen LogP) is 1.70. The molecule has 0 spiro atoms. The van der Waals surface area contributed by atoms with Gasteiger partial charge in [-0.1, -0.05) is 20.8 Å². The van der Waals surface area contributed by atoms with E-state index in [1.54, 1.807) is 0 Å². The number of nitrogens with zero attached hydrogens (tertiary/aromatic N) is 3. The minimum atomic E-state index is 0.333. The summed E-state index contributed by atoms with van der Waals surface area (Å²) < 4.78 is 2.28. The average Bonchev–Trinajstić information content (AvgIpc) is 2.61. The molecule has 2 rings (SSSR count). The Morgan fingerprint density at radius 3 is 2.73 bits per heavy atom. The molecule has 1 aliphatic heterocycles. The molecule has 1 aliphatic rings. The van der Waals surface area contributed by atoms with Crippen LogP contribution in [0.25, 0.3) is 0 Å². The maximum Gasteiger partial charge on any atom is 0.149 e. The van der Waals surface area contributed by atoms with Gasteiger partial charge in [0.2, 0.25) is 0 Å². The summed E-state index contributed by atoms with van der Waals surface area (Å²) in [4.78, 5) is 0. The maximum absolute atomic E-state index is 4.34. The third-order valence-electron chi connectivity index (χ3n) is 3.39. The molecule has 15 heavy (non-hydrogen) atoms. The quantitative estimate of drug-likeness (QED) is 0.804. The zero-order chi connectivity index (χ0) is 11.0. The van der Waals surface area contributed by atoms with E-state index in [0.717, 1.165) is 24.7 Å². The molecule has 1 N–H and O–H groups in total. The van der Waals surface area contributed by atoms with Crippen molar-refractivity contribution >= 4 is 0 Å². The van der Waals surface area contributed by atoms with Crippen molar-refractivity contribution in [3.63, 3.8) is 0 Å². The molecule has 0 fully saturated rings. The highest BCUT2D eigenvalue weighted by Gasteiger charge is 2.24. The summed E-state index contributed by atoms with van der Waals surface area (Å²) in [6.07, 6.45) is 0. The van der Waals surface area contributed by atoms with Gasteiger partial charge in [-0.2, -0.15) is 0 Å². The fraction of sp³-hybridized carbons (Fsp3) is 0.818. The normalized spacial score (nSPS) is 22.9. The van der Waals surface area contributed by atoms with Gasteiger partial charge < -0.3 is 9.88 Å². The first kappa shape index (κ1) is 10.6. The zero-order valence-corrected chi connectivity index (χ0v) is 9.99. The Labute approximate surface area is 91.1 Å². The summed E-state index contributed by atoms with van der Waals surface area (Å²) >= 11 is 0. The van der Waals surface area contributed by atoms with Gasteiger partial charge in [0.05, 0.1) is 6.04 Å². The van der Waals surface area contributed by atoms with Crippen LogP contribution in [0.15, 0.2) is 0 Å². The lowest BCUT2D eigenvalue weighted by atomic mass is 9.97. The lowest BCUT2D eigenvalue weighted by Gasteiger charge is -2.24. The molecule has 2 unspecified atom stereocenters. The summed E-state index contributed by atoms with van der Waals surface area (Å²) in [6.45, 7) is 10.9. The fourth-order valence-corrected chi connectivity index (χ4v) is 2.00. The third-order valence-corrected chi connectivity index (χ3v) is 3.39. The van der Waals surface area contributed by atoms with E-state index >= 15 is 0 Å². The molecule has 0 aliphatic carbocycles. The lowest BCUT2D eigenvalue weighted by molar-refractivity contribution is 0.409. The second kappa shape index (κ2) is 3.93. The van der Waals surface area contributed by atoms with E-state index in [2.05, 4.69) is 47.8 Å². The Bertz CT molecular complexity index is 342. The lowest BCUT2D eigenvalue weighted by Crippen LogP contribution is -2.33. The fourth-order valence-electron chi connectivity index (χ4n) is 2.00. The van der Waals surface area contributed by atoms with Gasteiger partial charge in [0.15, 0.2) is 0 Å². The Hall–Kier alpha value is -0.900. The highest BCUT2D eigenvalue weighted by Crippen LogP contribution is 2.25. The van der Waals surface area contributed by atoms with Crippen molar-refractivity contribution in [2.45, 2.75) is 46.2 Å². The second-order valence-corrected chi connectivity index (χ2v) is 4.78. The highest BCUT2D eigenvalue weighted by molar-refractivity contribution is 5.07. The molecule has 4 heteroatoms. The van der Waals surface area contributed by atoms with E-state index in [-0.39, 0.29) is 0 Å². The second-order valence-electron chi connectivity index (χ2n) is 4.78. The van der Waals surface area contributed by atoms with Gasteiger partial charge in [-0.05, 0) is 12.8 Å². The average molecular weight is 208 g/mol. The van der Waals surface area contributed by atoms with Crippen LogP contribution in [0.4, 0.5) is 0 Å². The number of hydrogen-bond acceptors (Lipinski definition) is 3. The molecule has 0 amide bonds. The molecule has 0 saturated carbocycles. The summed E-state index contributed by atoms with van der Waals surface area (Å²) in [6, 6.07) is 0.333. The van der Waals surface area contributed by atoms with E-state index in [1.807, 2.05) is 0 Å². The summed E-state index contributed by atoms with van der Waals surface area (Å²) in [7, 11) is 0. The van der Waals surface area contributed by atoms with Gasteiger partial charge in [-0.15, -0.1) is 10.2 Å². The van der Waals surface area contributed by atoms with Crippen molar-refractivity contribution in [2.75, 3.05) is 6.54 Å². The van der Waals surface area contributed by atoms with Gasteiger partial charge in [0.1, 0.15) is 11.6 Å². The van der Waals surface area contributed by atoms with Gasteiger partial charge in [-0.3, -0.25) is 0 Å². The van der Waals surface area contributed by atoms with Gasteiger partial charge >= 0.3 is 0 Å². The van der Waals surface area contributed by atoms with Crippen molar-refractivity contribution in [1.82, 2.24) is 20.1 Å². The Kier molecular flexibility index (Phi) is 2.78. The monoisotopic (exact) mass is 208 g/mol. The molecule has 1 aromatic heterocycles. The van der Waals surface area contributed by atoms with E-state index in [0.29, 0.717) is 17.9 Å². The SMILES string of the molecule is CC1NCCn2c1nnc2C(C)C(C)C. The Morgan fingerprint density at radius 1 is 1.33 bits per heavy atom. The molecule has 0 aromatic carbocycles. The zero-order valence-electron chi connectivity index (χ0n) is 9.99. The maximum atomic E-state index is 4.34. The number of aromatic nitrogens is 3. The van der Waals surface area contributed by atoms with Crippen LogP contribution in [-0.2, 0) is 6.54 Å². The van der Waals surface area contributed by atoms with E-state index in [1.165, 1.54) is 0 Å². The van der Waals surface area contributed by atoms with Crippen LogP contribution in [-0.4, -0.2) is 21.3 Å². The largest absolute Gasteiger partial charge is 0.312 e. The molecule has 2 atom stereocenters. The van der Waals surface area contributed by atoms with E-state index in [4.69, 9.17) is 0 Å². The minimum absolute atomic E-state index is 0.333. The molecule has 2 heterocycles. The van der Waals surface area contributed by atoms with Crippen LogP contribution in [0, 0.1) is 5.92 Å². The van der Waals surface area contributed by atoms with Crippen LogP contribution >= 0.6 is 0 Å². The Balaban J connectivity index is 2.34. The molecule has 1 aromatic rings. The molecular formula is C11H20N4. The third kappa shape index (κ3) is 1.78. The first-order chi connectivity index (χ1) is 7.11. The van der Waals surface area contributed by atoms with Crippen LogP contribution in [0.3, 0.4) is 0 Å². The summed E-state index contributed by atoms with van der Waals surface area (Å²) in [5.74, 6) is 3.33. The first-order valence-corrected chi connectivity index (χ1v) is 5.77. The number of nitrogens with one attached hydrogen (secondary N) is 1. The van der Waals surface area contributed by atoms with Crippen molar-refractivity contribution in [3.8, 4) is 0 Å². The summed E-state index contributed by atoms with van der Waals surface area (Å²) in [5, 5.41) is 12.0. The highest BCUT2D eigenvalue weighted by atomic mass is 15.3. The van der Waals surface area contributed by atoms with Gasteiger partial charge in [0.25, 0.3) is 0 Å². The number of hydrogen-bond donors (Lipinski definition) is 1. The topological polar surface area (TPSA) is 42.7 Å². The molecule has 4 nitrogen and oxygen atoms in total. The van der Waals surface area contributed by atoms with Crippen molar-refractivity contribution in [1.29, 1.82) is 0 Å². The molecule has 0 saturated heterocycles. The van der Waals surface area contributed by atoms with Crippen molar-refractivity contribution in [3.05, 3.63) is 11.6 Å². The molecule has 0 radical (unpaired) electrons. The standard InChI is InChI=1S/C11H20N4/c1-7(2)8(3)10-13-14-11-9(4)12-5-6-15(10)11/h7-9,12H,5-6H2,1-4H3. The minimum Gasteiger partial charge on any atom is -0.312 e. The van der Waals surface area contributed by atoms with Crippen molar-refractivity contribution in [2.24, 2.45) is 5.92 Å². The van der Waals surface area contributed by atoms with Crippen LogP contribution < -0.4 is 5.32 Å². The van der Waals surface area contributed by atoms with Crippen molar-refractivity contribution < 1.29 is 0 Å². The molecule has 0 bridgehead atoms.